The summed E-state index contributed by atoms with van der Waals surface area (Å²) in [5.41, 5.74) is 0.578. The lowest BCUT2D eigenvalue weighted by molar-refractivity contribution is -0.385. The van der Waals surface area contributed by atoms with Gasteiger partial charge in [0.1, 0.15) is 18.3 Å². The zero-order chi connectivity index (χ0) is 17.8. The van der Waals surface area contributed by atoms with E-state index in [9.17, 15) is 19.3 Å². The Bertz CT molecular complexity index is 927. The molecular weight excluding hydrogens is 329 g/mol. The van der Waals surface area contributed by atoms with Crippen LogP contribution in [0.4, 0.5) is 15.8 Å². The third-order valence-corrected chi connectivity index (χ3v) is 3.44. The Morgan fingerprint density at radius 1 is 1.28 bits per heavy atom. The lowest BCUT2D eigenvalue weighted by Gasteiger charge is -2.08. The van der Waals surface area contributed by atoms with E-state index in [2.05, 4.69) is 15.4 Å². The lowest BCUT2D eigenvalue weighted by Crippen LogP contribution is -2.15. The molecule has 1 heterocycles. The minimum Gasteiger partial charge on any atom is -0.326 e. The maximum Gasteiger partial charge on any atom is 0.273 e. The zero-order valence-electron chi connectivity index (χ0n) is 12.8. The number of halogens is 1. The summed E-state index contributed by atoms with van der Waals surface area (Å²) in [4.78, 5) is 26.3. The number of benzene rings is 2. The third kappa shape index (κ3) is 3.66. The number of nitro groups is 1. The summed E-state index contributed by atoms with van der Waals surface area (Å²) in [6.07, 6.45) is 2.44. The summed E-state index contributed by atoms with van der Waals surface area (Å²) in [7, 11) is 0. The van der Waals surface area contributed by atoms with Gasteiger partial charge >= 0.3 is 0 Å². The maximum absolute atomic E-state index is 14.1. The van der Waals surface area contributed by atoms with Gasteiger partial charge in [-0.1, -0.05) is 18.2 Å². The van der Waals surface area contributed by atoms with Gasteiger partial charge in [0.15, 0.2) is 5.82 Å². The summed E-state index contributed by atoms with van der Waals surface area (Å²) in [5, 5.41) is 17.3. The van der Waals surface area contributed by atoms with Gasteiger partial charge in [0.2, 0.25) is 5.91 Å². The fourth-order valence-electron chi connectivity index (χ4n) is 2.32. The van der Waals surface area contributed by atoms with Crippen molar-refractivity contribution >= 4 is 17.3 Å². The second kappa shape index (κ2) is 6.87. The highest BCUT2D eigenvalue weighted by molar-refractivity contribution is 5.92. The first-order chi connectivity index (χ1) is 12.0. The number of carbonyl (C=O) groups excluding carboxylic acids is 1. The van der Waals surface area contributed by atoms with Gasteiger partial charge in [-0.15, -0.1) is 0 Å². The number of hydrogen-bond donors (Lipinski definition) is 1. The lowest BCUT2D eigenvalue weighted by atomic mass is 10.1. The normalized spacial score (nSPS) is 10.4. The van der Waals surface area contributed by atoms with Crippen molar-refractivity contribution in [2.24, 2.45) is 0 Å². The van der Waals surface area contributed by atoms with E-state index in [-0.39, 0.29) is 29.0 Å². The number of hydrogen-bond acceptors (Lipinski definition) is 5. The Kier molecular flexibility index (Phi) is 4.46. The van der Waals surface area contributed by atoms with Crippen LogP contribution in [0.5, 0.6) is 0 Å². The highest BCUT2D eigenvalue weighted by atomic mass is 19.1. The first kappa shape index (κ1) is 16.2. The number of nitrogens with one attached hydrogen (secondary N) is 1. The predicted octanol–water partition coefficient (Wildman–Crippen LogP) is 2.50. The first-order valence-corrected chi connectivity index (χ1v) is 7.21. The van der Waals surface area contributed by atoms with Gasteiger partial charge in [-0.05, 0) is 18.2 Å². The van der Waals surface area contributed by atoms with Crippen LogP contribution in [-0.2, 0) is 11.2 Å². The van der Waals surface area contributed by atoms with Crippen molar-refractivity contribution in [2.45, 2.75) is 6.42 Å². The van der Waals surface area contributed by atoms with Crippen molar-refractivity contribution in [1.82, 2.24) is 14.8 Å². The molecule has 0 saturated carbocycles. The van der Waals surface area contributed by atoms with E-state index in [0.29, 0.717) is 0 Å². The van der Waals surface area contributed by atoms with E-state index >= 15 is 0 Å². The molecule has 0 atom stereocenters. The first-order valence-electron chi connectivity index (χ1n) is 7.21. The van der Waals surface area contributed by atoms with Crippen LogP contribution in [0.2, 0.25) is 0 Å². The van der Waals surface area contributed by atoms with Gasteiger partial charge < -0.3 is 5.32 Å². The van der Waals surface area contributed by atoms with E-state index in [1.807, 2.05) is 0 Å². The van der Waals surface area contributed by atoms with E-state index in [1.165, 1.54) is 47.7 Å². The minimum atomic E-state index is -0.589. The van der Waals surface area contributed by atoms with Crippen LogP contribution in [0.1, 0.15) is 5.56 Å². The van der Waals surface area contributed by atoms with Gasteiger partial charge in [0, 0.05) is 17.3 Å². The van der Waals surface area contributed by atoms with Gasteiger partial charge in [-0.25, -0.2) is 14.1 Å². The average Bonchev–Trinajstić information content (AvgIpc) is 3.09. The van der Waals surface area contributed by atoms with Gasteiger partial charge in [0.05, 0.1) is 11.3 Å². The van der Waals surface area contributed by atoms with Crippen LogP contribution < -0.4 is 5.32 Å². The molecule has 0 unspecified atom stereocenters. The van der Waals surface area contributed by atoms with Crippen molar-refractivity contribution < 1.29 is 14.1 Å². The third-order valence-electron chi connectivity index (χ3n) is 3.44. The molecule has 8 nitrogen and oxygen atoms in total. The number of rotatable bonds is 5. The summed E-state index contributed by atoms with van der Waals surface area (Å²) < 4.78 is 15.4. The van der Waals surface area contributed by atoms with Crippen LogP contribution in [0.25, 0.3) is 5.69 Å². The summed E-state index contributed by atoms with van der Waals surface area (Å²) in [5.74, 6) is -1.07. The Hall–Kier alpha value is -3.62. The van der Waals surface area contributed by atoms with Gasteiger partial charge in [-0.3, -0.25) is 14.9 Å². The molecule has 1 N–H and O–H groups in total. The molecule has 0 spiro atoms. The summed E-state index contributed by atoms with van der Waals surface area (Å²) >= 11 is 0. The van der Waals surface area contributed by atoms with E-state index in [1.54, 1.807) is 6.07 Å². The van der Waals surface area contributed by atoms with Crippen LogP contribution in [0, 0.1) is 15.9 Å². The molecule has 0 aliphatic heterocycles. The quantitative estimate of drug-likeness (QED) is 0.567. The Morgan fingerprint density at radius 2 is 2.08 bits per heavy atom. The molecule has 1 aromatic heterocycles. The van der Waals surface area contributed by atoms with Crippen molar-refractivity contribution in [3.05, 3.63) is 76.6 Å². The molecule has 25 heavy (non-hydrogen) atoms. The van der Waals surface area contributed by atoms with Gasteiger partial charge in [0.25, 0.3) is 5.69 Å². The smallest absolute Gasteiger partial charge is 0.273 e. The SMILES string of the molecule is O=C(Cc1ccccc1[N+](=O)[O-])Nc1ccc(-n2cncn2)c(F)c1. The minimum absolute atomic E-state index is 0.134. The topological polar surface area (TPSA) is 103 Å². The molecule has 1 amide bonds. The summed E-state index contributed by atoms with van der Waals surface area (Å²) in [6, 6.07) is 10.1. The van der Waals surface area contributed by atoms with Crippen LogP contribution in [0.15, 0.2) is 55.1 Å². The fourth-order valence-corrected chi connectivity index (χ4v) is 2.32. The number of para-hydroxylation sites is 1. The van der Waals surface area contributed by atoms with Crippen LogP contribution >= 0.6 is 0 Å². The van der Waals surface area contributed by atoms with Gasteiger partial charge in [-0.2, -0.15) is 5.10 Å². The molecule has 3 rings (SSSR count). The molecular formula is C16H12FN5O3. The second-order valence-electron chi connectivity index (χ2n) is 5.12. The number of anilines is 1. The molecule has 0 aliphatic rings. The van der Waals surface area contributed by atoms with E-state index < -0.39 is 16.6 Å². The largest absolute Gasteiger partial charge is 0.326 e. The Morgan fingerprint density at radius 3 is 2.76 bits per heavy atom. The molecule has 0 bridgehead atoms. The molecule has 9 heteroatoms. The predicted molar refractivity (Wildman–Crippen MR) is 86.7 cm³/mol. The maximum atomic E-state index is 14.1. The van der Waals surface area contributed by atoms with Crippen molar-refractivity contribution in [3.8, 4) is 5.69 Å². The highest BCUT2D eigenvalue weighted by Gasteiger charge is 2.16. The molecule has 2 aromatic carbocycles. The monoisotopic (exact) mass is 341 g/mol. The molecule has 126 valence electrons. The number of amides is 1. The molecule has 3 aromatic rings. The van der Waals surface area contributed by atoms with Crippen LogP contribution in [0.3, 0.4) is 0 Å². The Balaban J connectivity index is 1.74. The van der Waals surface area contributed by atoms with Crippen molar-refractivity contribution in [2.75, 3.05) is 5.32 Å². The van der Waals surface area contributed by atoms with E-state index in [0.717, 1.165) is 6.07 Å². The fraction of sp³-hybridized carbons (Fsp3) is 0.0625. The van der Waals surface area contributed by atoms with Crippen molar-refractivity contribution in [1.29, 1.82) is 0 Å². The van der Waals surface area contributed by atoms with Crippen molar-refractivity contribution in [3.63, 3.8) is 0 Å². The standard InChI is InChI=1S/C16H12FN5O3/c17-13-8-12(5-6-15(13)21-10-18-9-19-21)20-16(23)7-11-3-1-2-4-14(11)22(24)25/h1-6,8-10H,7H2,(H,20,23). The van der Waals surface area contributed by atoms with E-state index in [4.69, 9.17) is 0 Å². The summed E-state index contributed by atoms with van der Waals surface area (Å²) in [6.45, 7) is 0. The second-order valence-corrected chi connectivity index (χ2v) is 5.12. The molecule has 0 fully saturated rings. The molecule has 0 radical (unpaired) electrons. The average molecular weight is 341 g/mol. The molecule has 0 aliphatic carbocycles. The highest BCUT2D eigenvalue weighted by Crippen LogP contribution is 2.20. The van der Waals surface area contributed by atoms with Crippen LogP contribution in [-0.4, -0.2) is 25.6 Å². The number of carbonyl (C=O) groups is 1. The zero-order valence-corrected chi connectivity index (χ0v) is 12.8. The number of aromatic nitrogens is 3. The number of nitrogens with zero attached hydrogens (tertiary/aromatic N) is 4. The number of nitro benzene ring substituents is 1. The Labute approximate surface area is 141 Å². The molecule has 0 saturated heterocycles.